The molecule has 0 spiro atoms. The number of amides is 2. The minimum Gasteiger partial charge on any atom is -0.497 e. The fourth-order valence-corrected chi connectivity index (χ4v) is 5.12. The minimum absolute atomic E-state index is 0.0665. The van der Waals surface area contributed by atoms with Crippen LogP contribution in [0.1, 0.15) is 52.5 Å². The number of hydrogen-bond donors (Lipinski definition) is 1. The molecule has 1 N–H and O–H groups in total. The van der Waals surface area contributed by atoms with Crippen LogP contribution in [0.3, 0.4) is 0 Å². The lowest BCUT2D eigenvalue weighted by atomic mass is 10.1. The van der Waals surface area contributed by atoms with Crippen molar-refractivity contribution in [3.05, 3.63) is 54.1 Å². The second-order valence-electron chi connectivity index (χ2n) is 9.30. The average Bonchev–Trinajstić information content (AvgIpc) is 2.86. The van der Waals surface area contributed by atoms with Gasteiger partial charge in [0, 0.05) is 25.6 Å². The molecular formula is C28H41N3O6S. The molecule has 2 amide bonds. The van der Waals surface area contributed by atoms with E-state index in [4.69, 9.17) is 9.47 Å². The van der Waals surface area contributed by atoms with E-state index >= 15 is 0 Å². The third-order valence-electron chi connectivity index (χ3n) is 5.91. The van der Waals surface area contributed by atoms with Crippen LogP contribution >= 0.6 is 0 Å². The summed E-state index contributed by atoms with van der Waals surface area (Å²) in [6, 6.07) is 13.6. The first-order valence-electron chi connectivity index (χ1n) is 12.9. The number of nitrogens with zero attached hydrogens (tertiary/aromatic N) is 2. The maximum Gasteiger partial charge on any atom is 0.243 e. The van der Waals surface area contributed by atoms with Crippen LogP contribution in [0.15, 0.2) is 48.5 Å². The predicted octanol–water partition coefficient (Wildman–Crippen LogP) is 3.97. The zero-order valence-corrected chi connectivity index (χ0v) is 24.1. The monoisotopic (exact) mass is 547 g/mol. The van der Waals surface area contributed by atoms with Gasteiger partial charge in [-0.25, -0.2) is 8.42 Å². The van der Waals surface area contributed by atoms with E-state index in [1.54, 1.807) is 36.3 Å². The number of carbonyl (C=O) groups is 2. The summed E-state index contributed by atoms with van der Waals surface area (Å²) in [6.45, 7) is 8.19. The number of sulfonamides is 1. The number of anilines is 1. The van der Waals surface area contributed by atoms with E-state index in [1.807, 2.05) is 52.0 Å². The first-order chi connectivity index (χ1) is 18.0. The zero-order valence-electron chi connectivity index (χ0n) is 23.3. The molecule has 0 bridgehead atoms. The Balaban J connectivity index is 2.25. The van der Waals surface area contributed by atoms with E-state index < -0.39 is 16.1 Å². The highest BCUT2D eigenvalue weighted by Crippen LogP contribution is 2.30. The Labute approximate surface area is 227 Å². The van der Waals surface area contributed by atoms with Gasteiger partial charge in [0.25, 0.3) is 0 Å². The second kappa shape index (κ2) is 14.6. The van der Waals surface area contributed by atoms with Crippen LogP contribution in [0.2, 0.25) is 0 Å². The number of hydrogen-bond acceptors (Lipinski definition) is 6. The van der Waals surface area contributed by atoms with Crippen molar-refractivity contribution in [2.75, 3.05) is 30.8 Å². The van der Waals surface area contributed by atoms with Crippen molar-refractivity contribution in [1.29, 1.82) is 0 Å². The largest absolute Gasteiger partial charge is 0.497 e. The third-order valence-corrected chi connectivity index (χ3v) is 7.09. The molecule has 9 nitrogen and oxygen atoms in total. The van der Waals surface area contributed by atoms with Gasteiger partial charge in [0.1, 0.15) is 17.5 Å². The second-order valence-corrected chi connectivity index (χ2v) is 11.2. The summed E-state index contributed by atoms with van der Waals surface area (Å²) in [5, 5.41) is 2.91. The van der Waals surface area contributed by atoms with Crippen LogP contribution in [0.5, 0.6) is 11.5 Å². The first kappa shape index (κ1) is 31.0. The number of ether oxygens (including phenoxy) is 2. The molecule has 0 fully saturated rings. The van der Waals surface area contributed by atoms with Gasteiger partial charge in [0.15, 0.2) is 0 Å². The van der Waals surface area contributed by atoms with Gasteiger partial charge >= 0.3 is 0 Å². The number of rotatable bonds is 15. The summed E-state index contributed by atoms with van der Waals surface area (Å²) in [5.74, 6) is 0.722. The molecular weight excluding hydrogens is 506 g/mol. The van der Waals surface area contributed by atoms with Crippen LogP contribution in [-0.2, 0) is 26.2 Å². The Morgan fingerprint density at radius 3 is 2.24 bits per heavy atom. The van der Waals surface area contributed by atoms with Crippen molar-refractivity contribution < 1.29 is 27.5 Å². The molecule has 2 aromatic rings. The highest BCUT2D eigenvalue weighted by Gasteiger charge is 2.29. The summed E-state index contributed by atoms with van der Waals surface area (Å²) < 4.78 is 37.4. The number of nitrogens with one attached hydrogen (secondary N) is 1. The smallest absolute Gasteiger partial charge is 0.243 e. The van der Waals surface area contributed by atoms with E-state index in [9.17, 15) is 18.0 Å². The molecule has 0 saturated heterocycles. The van der Waals surface area contributed by atoms with E-state index in [0.29, 0.717) is 30.2 Å². The molecule has 0 aliphatic carbocycles. The molecule has 0 unspecified atom stereocenters. The highest BCUT2D eigenvalue weighted by atomic mass is 32.2. The number of benzene rings is 2. The molecule has 0 heterocycles. The summed E-state index contributed by atoms with van der Waals surface area (Å²) in [7, 11) is -2.04. The predicted molar refractivity (Wildman–Crippen MR) is 150 cm³/mol. The van der Waals surface area contributed by atoms with Crippen molar-refractivity contribution in [3.63, 3.8) is 0 Å². The minimum atomic E-state index is -3.63. The molecule has 10 heteroatoms. The number of methoxy groups -OCH3 is 1. The van der Waals surface area contributed by atoms with E-state index in [1.165, 1.54) is 4.31 Å². The molecule has 0 saturated carbocycles. The van der Waals surface area contributed by atoms with Gasteiger partial charge in [0.2, 0.25) is 21.8 Å². The quantitative estimate of drug-likeness (QED) is 0.362. The van der Waals surface area contributed by atoms with Crippen molar-refractivity contribution in [1.82, 2.24) is 10.2 Å². The Bertz CT molecular complexity index is 1150. The lowest BCUT2D eigenvalue weighted by molar-refractivity contribution is -0.141. The topological polar surface area (TPSA) is 105 Å². The maximum atomic E-state index is 13.5. The van der Waals surface area contributed by atoms with Gasteiger partial charge < -0.3 is 19.7 Å². The summed E-state index contributed by atoms with van der Waals surface area (Å²) >= 11 is 0. The van der Waals surface area contributed by atoms with Gasteiger partial charge in [-0.2, -0.15) is 0 Å². The SMILES string of the molecule is CCOc1ccccc1N(CCCC(=O)N(Cc1ccc(OC)cc1)[C@@H](CC)C(=O)NC(C)C)S(C)(=O)=O. The van der Waals surface area contributed by atoms with Crippen LogP contribution in [0, 0.1) is 0 Å². The van der Waals surface area contributed by atoms with Crippen molar-refractivity contribution in [3.8, 4) is 11.5 Å². The van der Waals surface area contributed by atoms with Gasteiger partial charge in [-0.1, -0.05) is 31.2 Å². The van der Waals surface area contributed by atoms with Crippen molar-refractivity contribution in [2.24, 2.45) is 0 Å². The van der Waals surface area contributed by atoms with E-state index in [0.717, 1.165) is 11.8 Å². The lowest BCUT2D eigenvalue weighted by Gasteiger charge is -2.31. The molecule has 2 aromatic carbocycles. The molecule has 38 heavy (non-hydrogen) atoms. The molecule has 0 aliphatic heterocycles. The van der Waals surface area contributed by atoms with Gasteiger partial charge in [0.05, 0.1) is 25.7 Å². The number of para-hydroxylation sites is 2. The normalized spacial score (nSPS) is 12.1. The molecule has 0 radical (unpaired) electrons. The van der Waals surface area contributed by atoms with Crippen LogP contribution < -0.4 is 19.1 Å². The fraction of sp³-hybridized carbons (Fsp3) is 0.500. The Morgan fingerprint density at radius 1 is 1.03 bits per heavy atom. The Morgan fingerprint density at radius 2 is 1.68 bits per heavy atom. The lowest BCUT2D eigenvalue weighted by Crippen LogP contribution is -2.50. The van der Waals surface area contributed by atoms with Gasteiger partial charge in [-0.15, -0.1) is 0 Å². The van der Waals surface area contributed by atoms with E-state index in [-0.39, 0.29) is 43.8 Å². The third kappa shape index (κ3) is 8.93. The van der Waals surface area contributed by atoms with Gasteiger partial charge in [-0.3, -0.25) is 13.9 Å². The summed E-state index contributed by atoms with van der Waals surface area (Å²) in [6.07, 6.45) is 1.92. The Kier molecular flexibility index (Phi) is 11.9. The first-order valence-corrected chi connectivity index (χ1v) is 14.8. The zero-order chi connectivity index (χ0) is 28.3. The van der Waals surface area contributed by atoms with Crippen LogP contribution in [-0.4, -0.2) is 63.7 Å². The van der Waals surface area contributed by atoms with Crippen molar-refractivity contribution >= 4 is 27.5 Å². The molecule has 0 aromatic heterocycles. The number of carbonyl (C=O) groups excluding carboxylic acids is 2. The molecule has 2 rings (SSSR count). The van der Waals surface area contributed by atoms with Crippen LogP contribution in [0.25, 0.3) is 0 Å². The summed E-state index contributed by atoms with van der Waals surface area (Å²) in [4.78, 5) is 28.1. The van der Waals surface area contributed by atoms with Gasteiger partial charge in [-0.05, 0) is 63.4 Å². The standard InChI is InChI=1S/C28H41N3O6S/c1-7-24(28(33)29-21(3)4)30(20-22-15-17-23(36-5)18-16-22)27(32)14-11-19-31(38(6,34)35)25-12-9-10-13-26(25)37-8-2/h9-10,12-13,15-18,21,24H,7-8,11,14,19-20H2,1-6H3,(H,29,33)/t24-/m0/s1. The van der Waals surface area contributed by atoms with Crippen LogP contribution in [0.4, 0.5) is 5.69 Å². The fourth-order valence-electron chi connectivity index (χ4n) is 4.15. The Hall–Kier alpha value is -3.27. The molecule has 0 aliphatic rings. The highest BCUT2D eigenvalue weighted by molar-refractivity contribution is 7.92. The maximum absolute atomic E-state index is 13.5. The average molecular weight is 548 g/mol. The summed E-state index contributed by atoms with van der Waals surface area (Å²) in [5.41, 5.74) is 1.29. The molecule has 1 atom stereocenters. The van der Waals surface area contributed by atoms with Crippen molar-refractivity contribution in [2.45, 2.75) is 65.6 Å². The molecule has 210 valence electrons. The van der Waals surface area contributed by atoms with E-state index in [2.05, 4.69) is 5.32 Å².